The van der Waals surface area contributed by atoms with Crippen molar-refractivity contribution in [2.24, 2.45) is 0 Å². The van der Waals surface area contributed by atoms with E-state index in [9.17, 15) is 8.78 Å². The van der Waals surface area contributed by atoms with Gasteiger partial charge in [-0.25, -0.2) is 13.5 Å². The Kier molecular flexibility index (Phi) is 5.83. The number of anilines is 1. The molecule has 1 aliphatic rings. The summed E-state index contributed by atoms with van der Waals surface area (Å²) in [6.07, 6.45) is 1.86. The third-order valence-corrected chi connectivity index (χ3v) is 5.97. The molecule has 4 aromatic rings. The van der Waals surface area contributed by atoms with Crippen molar-refractivity contribution >= 4 is 5.82 Å². The summed E-state index contributed by atoms with van der Waals surface area (Å²) in [6, 6.07) is 18.8. The molecule has 3 heterocycles. The first-order valence-electron chi connectivity index (χ1n) is 10.9. The molecule has 0 amide bonds. The zero-order valence-electron chi connectivity index (χ0n) is 18.3. The highest BCUT2D eigenvalue weighted by Gasteiger charge is 2.27. The highest BCUT2D eigenvalue weighted by molar-refractivity contribution is 5.41. The van der Waals surface area contributed by atoms with E-state index >= 15 is 0 Å². The van der Waals surface area contributed by atoms with Crippen molar-refractivity contribution in [1.29, 1.82) is 0 Å². The van der Waals surface area contributed by atoms with Crippen LogP contribution in [0.2, 0.25) is 0 Å². The Morgan fingerprint density at radius 3 is 1.73 bits per heavy atom. The zero-order chi connectivity index (χ0) is 22.8. The molecule has 1 saturated heterocycles. The molecule has 2 aromatic heterocycles. The monoisotopic (exact) mass is 446 g/mol. The molecule has 0 aliphatic carbocycles. The molecule has 8 heteroatoms. The Labute approximate surface area is 191 Å². The number of hydrogen-bond acceptors (Lipinski definition) is 5. The second kappa shape index (κ2) is 9.07. The van der Waals surface area contributed by atoms with Crippen molar-refractivity contribution < 1.29 is 8.78 Å². The molecular weight excluding hydrogens is 422 g/mol. The quantitative estimate of drug-likeness (QED) is 0.461. The minimum absolute atomic E-state index is 0.0788. The van der Waals surface area contributed by atoms with Gasteiger partial charge in [-0.15, -0.1) is 10.2 Å². The van der Waals surface area contributed by atoms with Crippen LogP contribution in [-0.2, 0) is 0 Å². The first-order valence-corrected chi connectivity index (χ1v) is 10.9. The Morgan fingerprint density at radius 2 is 1.24 bits per heavy atom. The Balaban J connectivity index is 1.32. The highest BCUT2D eigenvalue weighted by Crippen LogP contribution is 2.30. The maximum absolute atomic E-state index is 13.5. The summed E-state index contributed by atoms with van der Waals surface area (Å²) >= 11 is 0. The molecule has 2 aromatic carbocycles. The summed E-state index contributed by atoms with van der Waals surface area (Å²) in [4.78, 5) is 4.54. The first kappa shape index (κ1) is 21.2. The normalized spacial score (nSPS) is 14.7. The van der Waals surface area contributed by atoms with Crippen molar-refractivity contribution in [1.82, 2.24) is 24.9 Å². The number of piperazine rings is 1. The van der Waals surface area contributed by atoms with Crippen molar-refractivity contribution in [2.45, 2.75) is 13.0 Å². The summed E-state index contributed by atoms with van der Waals surface area (Å²) < 4.78 is 28.8. The fraction of sp³-hybridized carbons (Fsp3) is 0.240. The largest absolute Gasteiger partial charge is 0.353 e. The van der Waals surface area contributed by atoms with Crippen LogP contribution in [-0.4, -0.2) is 51.1 Å². The molecule has 0 unspecified atom stereocenters. The number of rotatable bonds is 5. The van der Waals surface area contributed by atoms with Gasteiger partial charge in [-0.2, -0.15) is 5.10 Å². The van der Waals surface area contributed by atoms with Crippen molar-refractivity contribution in [3.8, 4) is 5.82 Å². The number of aryl methyl sites for hydroxylation is 1. The Hall–Kier alpha value is -3.65. The number of hydrogen-bond donors (Lipinski definition) is 0. The summed E-state index contributed by atoms with van der Waals surface area (Å²) in [7, 11) is 0. The molecule has 0 radical (unpaired) electrons. The van der Waals surface area contributed by atoms with Crippen LogP contribution in [0, 0.1) is 18.6 Å². The van der Waals surface area contributed by atoms with Crippen LogP contribution in [0.15, 0.2) is 72.9 Å². The molecule has 0 spiro atoms. The smallest absolute Gasteiger partial charge is 0.175 e. The molecule has 0 atom stereocenters. The van der Waals surface area contributed by atoms with E-state index in [1.807, 2.05) is 31.3 Å². The van der Waals surface area contributed by atoms with E-state index in [0.29, 0.717) is 5.82 Å². The van der Waals surface area contributed by atoms with Crippen LogP contribution in [0.5, 0.6) is 0 Å². The van der Waals surface area contributed by atoms with E-state index in [1.165, 1.54) is 24.3 Å². The summed E-state index contributed by atoms with van der Waals surface area (Å²) in [5.74, 6) is 0.961. The second-order valence-electron chi connectivity index (χ2n) is 8.18. The Bertz CT molecular complexity index is 1150. The molecule has 1 aliphatic heterocycles. The van der Waals surface area contributed by atoms with Gasteiger partial charge in [-0.1, -0.05) is 24.3 Å². The van der Waals surface area contributed by atoms with E-state index in [1.54, 1.807) is 28.9 Å². The molecular formula is C25H24F2N6. The molecule has 0 bridgehead atoms. The van der Waals surface area contributed by atoms with Gasteiger partial charge in [0.05, 0.1) is 11.7 Å². The van der Waals surface area contributed by atoms with Gasteiger partial charge in [0.1, 0.15) is 11.6 Å². The van der Waals surface area contributed by atoms with E-state index in [4.69, 9.17) is 0 Å². The zero-order valence-corrected chi connectivity index (χ0v) is 18.3. The lowest BCUT2D eigenvalue weighted by Gasteiger charge is -2.40. The molecule has 0 saturated carbocycles. The SMILES string of the molecule is Cc1ccn(-c2ccc(N3CCN(C(c4ccc(F)cc4)c4ccc(F)cc4)CC3)nn2)n1. The number of benzene rings is 2. The van der Waals surface area contributed by atoms with Crippen molar-refractivity contribution in [3.63, 3.8) is 0 Å². The third kappa shape index (κ3) is 4.61. The van der Waals surface area contributed by atoms with Gasteiger partial charge in [0, 0.05) is 32.4 Å². The summed E-state index contributed by atoms with van der Waals surface area (Å²) in [6.45, 7) is 5.03. The fourth-order valence-corrected chi connectivity index (χ4v) is 4.27. The average molecular weight is 447 g/mol. The average Bonchev–Trinajstić information content (AvgIpc) is 3.28. The van der Waals surface area contributed by atoms with Gasteiger partial charge in [0.15, 0.2) is 11.6 Å². The maximum atomic E-state index is 13.5. The summed E-state index contributed by atoms with van der Waals surface area (Å²) in [5, 5.41) is 13.1. The van der Waals surface area contributed by atoms with Gasteiger partial charge in [0.25, 0.3) is 0 Å². The molecule has 33 heavy (non-hydrogen) atoms. The maximum Gasteiger partial charge on any atom is 0.175 e. The van der Waals surface area contributed by atoms with Crippen LogP contribution >= 0.6 is 0 Å². The fourth-order valence-electron chi connectivity index (χ4n) is 4.27. The van der Waals surface area contributed by atoms with Gasteiger partial charge in [-0.3, -0.25) is 4.90 Å². The van der Waals surface area contributed by atoms with Gasteiger partial charge < -0.3 is 4.90 Å². The lowest BCUT2D eigenvalue weighted by atomic mass is 9.96. The second-order valence-corrected chi connectivity index (χ2v) is 8.18. The number of halogens is 2. The van der Waals surface area contributed by atoms with Gasteiger partial charge >= 0.3 is 0 Å². The minimum atomic E-state index is -0.270. The molecule has 5 rings (SSSR count). The van der Waals surface area contributed by atoms with E-state index in [-0.39, 0.29) is 17.7 Å². The predicted octanol–water partition coefficient (Wildman–Crippen LogP) is 4.16. The highest BCUT2D eigenvalue weighted by atomic mass is 19.1. The lowest BCUT2D eigenvalue weighted by Crippen LogP contribution is -2.48. The summed E-state index contributed by atoms with van der Waals surface area (Å²) in [5.41, 5.74) is 2.89. The van der Waals surface area contributed by atoms with Crippen molar-refractivity contribution in [3.05, 3.63) is 101 Å². The standard InChI is InChI=1S/C25H24F2N6/c1-18-12-13-33(30-18)24-11-10-23(28-29-24)31-14-16-32(17-15-31)25(19-2-6-21(26)7-3-19)20-4-8-22(27)9-5-20/h2-13,25H,14-17H2,1H3. The molecule has 1 fully saturated rings. The van der Waals surface area contributed by atoms with Crippen LogP contribution < -0.4 is 4.90 Å². The van der Waals surface area contributed by atoms with E-state index < -0.39 is 0 Å². The van der Waals surface area contributed by atoms with Crippen molar-refractivity contribution in [2.75, 3.05) is 31.1 Å². The van der Waals surface area contributed by atoms with E-state index in [2.05, 4.69) is 25.1 Å². The number of aromatic nitrogens is 4. The predicted molar refractivity (Wildman–Crippen MR) is 122 cm³/mol. The topological polar surface area (TPSA) is 50.1 Å². The first-order chi connectivity index (χ1) is 16.1. The van der Waals surface area contributed by atoms with Gasteiger partial charge in [-0.05, 0) is 60.5 Å². The van der Waals surface area contributed by atoms with E-state index in [0.717, 1.165) is 48.8 Å². The van der Waals surface area contributed by atoms with Crippen LogP contribution in [0.25, 0.3) is 5.82 Å². The molecule has 168 valence electrons. The minimum Gasteiger partial charge on any atom is -0.353 e. The van der Waals surface area contributed by atoms with Crippen LogP contribution in [0.4, 0.5) is 14.6 Å². The lowest BCUT2D eigenvalue weighted by molar-refractivity contribution is 0.211. The van der Waals surface area contributed by atoms with Crippen LogP contribution in [0.1, 0.15) is 22.9 Å². The third-order valence-electron chi connectivity index (χ3n) is 5.97. The molecule has 0 N–H and O–H groups in total. The number of nitrogens with zero attached hydrogens (tertiary/aromatic N) is 6. The van der Waals surface area contributed by atoms with Gasteiger partial charge in [0.2, 0.25) is 0 Å². The Morgan fingerprint density at radius 1 is 0.697 bits per heavy atom. The van der Waals surface area contributed by atoms with Crippen LogP contribution in [0.3, 0.4) is 0 Å². The molecule has 6 nitrogen and oxygen atoms in total.